The number of aryl methyl sites for hydroxylation is 2. The van der Waals surface area contributed by atoms with Gasteiger partial charge >= 0.3 is 5.97 Å². The topological polar surface area (TPSA) is 83.9 Å². The van der Waals surface area contributed by atoms with E-state index in [1.54, 1.807) is 11.9 Å². The summed E-state index contributed by atoms with van der Waals surface area (Å²) < 4.78 is 41.1. The number of ether oxygens (including phenoxy) is 2. The molecular weight excluding hydrogens is 504 g/mol. The van der Waals surface area contributed by atoms with Gasteiger partial charge < -0.3 is 19.9 Å². The highest BCUT2D eigenvalue weighted by molar-refractivity contribution is 5.76. The predicted molar refractivity (Wildman–Crippen MR) is 144 cm³/mol. The zero-order chi connectivity index (χ0) is 27.4. The molecule has 1 saturated heterocycles. The van der Waals surface area contributed by atoms with E-state index in [1.165, 1.54) is 5.56 Å². The van der Waals surface area contributed by atoms with Gasteiger partial charge in [0.15, 0.2) is 0 Å². The van der Waals surface area contributed by atoms with Crippen LogP contribution >= 0.6 is 0 Å². The number of likely N-dealkylation sites (N-methyl/N-ethyl adjacent to an activating group) is 1. The van der Waals surface area contributed by atoms with Crippen molar-refractivity contribution in [1.82, 2.24) is 9.88 Å². The molecule has 2 fully saturated rings. The van der Waals surface area contributed by atoms with E-state index in [-0.39, 0.29) is 23.3 Å². The van der Waals surface area contributed by atoms with Crippen LogP contribution in [-0.2, 0) is 27.1 Å². The lowest BCUT2D eigenvalue weighted by molar-refractivity contribution is -0.146. The minimum atomic E-state index is -1.17. The molecule has 2 atom stereocenters. The van der Waals surface area contributed by atoms with Crippen LogP contribution in [0.25, 0.3) is 0 Å². The minimum absolute atomic E-state index is 0.0465. The Morgan fingerprint density at radius 1 is 1.23 bits per heavy atom. The molecule has 0 unspecified atom stereocenters. The van der Waals surface area contributed by atoms with E-state index in [2.05, 4.69) is 17.4 Å². The third-order valence-electron chi connectivity index (χ3n) is 8.34. The molecule has 212 valence electrons. The number of unbranched alkanes of at least 4 members (excludes halogenated alkanes) is 1. The van der Waals surface area contributed by atoms with E-state index < -0.39 is 29.7 Å². The number of carbonyl (C=O) groups is 1. The fraction of sp³-hybridized carbons (Fsp3) is 0.600. The van der Waals surface area contributed by atoms with E-state index in [9.17, 15) is 18.7 Å². The molecule has 3 aliphatic rings. The molecular formula is C30H39F2N3O4. The molecule has 2 aliphatic heterocycles. The Hall–Kier alpha value is -2.62. The standard InChI is InChI=1S/C30H39F2N3O4/c1-35(28(30(36)37)24-15-20(31)16-25(32)27(24)26-9-3-5-14-39-26)22-17-23(18-22)38-13-4-2-8-21-11-10-19-7-6-12-33-29(19)34-21/h10-11,15-16,22-23,26,28H,2-9,12-14,17-18H2,1H3,(H,33,34)(H,36,37)/t22?,23?,26-,28-/m1/s1. The van der Waals surface area contributed by atoms with Crippen molar-refractivity contribution in [3.05, 3.63) is 58.3 Å². The third-order valence-corrected chi connectivity index (χ3v) is 8.34. The smallest absolute Gasteiger partial charge is 0.325 e. The fourth-order valence-corrected chi connectivity index (χ4v) is 6.05. The lowest BCUT2D eigenvalue weighted by atomic mass is 9.85. The molecule has 1 aromatic carbocycles. The minimum Gasteiger partial charge on any atom is -0.480 e. The Bertz CT molecular complexity index is 1150. The number of hydrogen-bond donors (Lipinski definition) is 2. The second-order valence-electron chi connectivity index (χ2n) is 11.1. The molecule has 2 aromatic rings. The van der Waals surface area contributed by atoms with Crippen molar-refractivity contribution < 1.29 is 28.2 Å². The number of benzene rings is 1. The van der Waals surface area contributed by atoms with Gasteiger partial charge in [-0.1, -0.05) is 6.07 Å². The maximum absolute atomic E-state index is 15.0. The van der Waals surface area contributed by atoms with Crippen LogP contribution in [-0.4, -0.2) is 59.9 Å². The van der Waals surface area contributed by atoms with Gasteiger partial charge in [0.05, 0.1) is 12.2 Å². The number of rotatable bonds is 11. The van der Waals surface area contributed by atoms with Crippen LogP contribution in [0.15, 0.2) is 24.3 Å². The Morgan fingerprint density at radius 3 is 2.85 bits per heavy atom. The van der Waals surface area contributed by atoms with Crippen LogP contribution in [0.1, 0.15) is 85.9 Å². The van der Waals surface area contributed by atoms with Crippen LogP contribution in [0.2, 0.25) is 0 Å². The van der Waals surface area contributed by atoms with Crippen LogP contribution in [0.3, 0.4) is 0 Å². The summed E-state index contributed by atoms with van der Waals surface area (Å²) in [6.45, 7) is 2.11. The molecule has 39 heavy (non-hydrogen) atoms. The maximum Gasteiger partial charge on any atom is 0.325 e. The van der Waals surface area contributed by atoms with Gasteiger partial charge in [-0.05, 0) is 94.5 Å². The predicted octanol–water partition coefficient (Wildman–Crippen LogP) is 5.59. The van der Waals surface area contributed by atoms with Gasteiger partial charge in [-0.3, -0.25) is 9.69 Å². The summed E-state index contributed by atoms with van der Waals surface area (Å²) in [7, 11) is 1.72. The normalized spacial score (nSPS) is 23.5. The van der Waals surface area contributed by atoms with Crippen LogP contribution < -0.4 is 5.32 Å². The molecule has 1 aliphatic carbocycles. The first-order valence-electron chi connectivity index (χ1n) is 14.3. The van der Waals surface area contributed by atoms with Crippen molar-refractivity contribution >= 4 is 11.8 Å². The average Bonchev–Trinajstić information content (AvgIpc) is 2.89. The molecule has 0 bridgehead atoms. The lowest BCUT2D eigenvalue weighted by Gasteiger charge is -2.43. The van der Waals surface area contributed by atoms with E-state index >= 15 is 0 Å². The van der Waals surface area contributed by atoms with Crippen molar-refractivity contribution in [2.45, 2.75) is 88.5 Å². The SMILES string of the molecule is CN(C1CC(OCCCCc2ccc3c(n2)NCCC3)C1)[C@@H](C(=O)O)c1cc(F)cc(F)c1[C@H]1CCCCO1. The Balaban J connectivity index is 1.12. The van der Waals surface area contributed by atoms with Crippen LogP contribution in [0.4, 0.5) is 14.6 Å². The van der Waals surface area contributed by atoms with Gasteiger partial charge in [-0.2, -0.15) is 0 Å². The molecule has 2 N–H and O–H groups in total. The summed E-state index contributed by atoms with van der Waals surface area (Å²) in [6, 6.07) is 5.07. The van der Waals surface area contributed by atoms with Crippen molar-refractivity contribution in [2.75, 3.05) is 32.1 Å². The summed E-state index contributed by atoms with van der Waals surface area (Å²) in [5.74, 6) is -1.62. The van der Waals surface area contributed by atoms with Gasteiger partial charge in [0, 0.05) is 43.1 Å². The monoisotopic (exact) mass is 543 g/mol. The Kier molecular flexibility index (Phi) is 9.10. The average molecular weight is 544 g/mol. The summed E-state index contributed by atoms with van der Waals surface area (Å²) in [4.78, 5) is 18.9. The number of hydrogen-bond acceptors (Lipinski definition) is 6. The van der Waals surface area contributed by atoms with Gasteiger partial charge in [-0.15, -0.1) is 0 Å². The van der Waals surface area contributed by atoms with Crippen molar-refractivity contribution in [3.63, 3.8) is 0 Å². The lowest BCUT2D eigenvalue weighted by Crippen LogP contribution is -2.49. The van der Waals surface area contributed by atoms with Crippen molar-refractivity contribution in [1.29, 1.82) is 0 Å². The second kappa shape index (κ2) is 12.7. The van der Waals surface area contributed by atoms with Crippen molar-refractivity contribution in [2.24, 2.45) is 0 Å². The number of halogens is 2. The number of aliphatic carboxylic acids is 1. The summed E-state index contributed by atoms with van der Waals surface area (Å²) in [6.07, 6.45) is 8.25. The number of carboxylic acid groups (broad SMARTS) is 1. The first kappa shape index (κ1) is 27.9. The highest BCUT2D eigenvalue weighted by Crippen LogP contribution is 2.39. The zero-order valence-electron chi connectivity index (χ0n) is 22.6. The molecule has 0 amide bonds. The molecule has 0 radical (unpaired) electrons. The summed E-state index contributed by atoms with van der Waals surface area (Å²) >= 11 is 0. The second-order valence-corrected chi connectivity index (χ2v) is 11.1. The number of carboxylic acids is 1. The first-order chi connectivity index (χ1) is 18.9. The van der Waals surface area contributed by atoms with E-state index in [0.29, 0.717) is 32.5 Å². The highest BCUT2D eigenvalue weighted by atomic mass is 19.1. The summed E-state index contributed by atoms with van der Waals surface area (Å²) in [5.41, 5.74) is 2.71. The van der Waals surface area contributed by atoms with Crippen LogP contribution in [0, 0.1) is 11.6 Å². The van der Waals surface area contributed by atoms with Gasteiger partial charge in [-0.25, -0.2) is 13.8 Å². The molecule has 3 heterocycles. The summed E-state index contributed by atoms with van der Waals surface area (Å²) in [5, 5.41) is 13.5. The number of nitrogens with one attached hydrogen (secondary N) is 1. The zero-order valence-corrected chi connectivity index (χ0v) is 22.6. The molecule has 9 heteroatoms. The molecule has 1 aromatic heterocycles. The Labute approximate surface area is 228 Å². The molecule has 0 spiro atoms. The number of pyridine rings is 1. The van der Waals surface area contributed by atoms with E-state index in [0.717, 1.165) is 75.1 Å². The first-order valence-corrected chi connectivity index (χ1v) is 14.3. The molecule has 1 saturated carbocycles. The van der Waals surface area contributed by atoms with Gasteiger partial charge in [0.2, 0.25) is 0 Å². The van der Waals surface area contributed by atoms with E-state index in [4.69, 9.17) is 14.5 Å². The molecule has 5 rings (SSSR count). The number of fused-ring (bicyclic) bond motifs is 1. The van der Waals surface area contributed by atoms with Gasteiger partial charge in [0.25, 0.3) is 0 Å². The number of aromatic nitrogens is 1. The fourth-order valence-electron chi connectivity index (χ4n) is 6.05. The highest BCUT2D eigenvalue weighted by Gasteiger charge is 2.40. The number of anilines is 1. The van der Waals surface area contributed by atoms with Crippen molar-refractivity contribution in [3.8, 4) is 0 Å². The maximum atomic E-state index is 15.0. The van der Waals surface area contributed by atoms with Gasteiger partial charge in [0.1, 0.15) is 23.5 Å². The largest absolute Gasteiger partial charge is 0.480 e. The van der Waals surface area contributed by atoms with E-state index in [1.807, 2.05) is 0 Å². The third kappa shape index (κ3) is 6.58. The number of nitrogens with zero attached hydrogens (tertiary/aromatic N) is 2. The Morgan fingerprint density at radius 2 is 2.08 bits per heavy atom. The quantitative estimate of drug-likeness (QED) is 0.358. The molecule has 7 nitrogen and oxygen atoms in total. The van der Waals surface area contributed by atoms with Crippen LogP contribution in [0.5, 0.6) is 0 Å².